The fraction of sp³-hybridized carbons (Fsp3) is 0.500. The zero-order valence-electron chi connectivity index (χ0n) is 10.4. The van der Waals surface area contributed by atoms with Crippen molar-refractivity contribution in [3.8, 4) is 0 Å². The van der Waals surface area contributed by atoms with Gasteiger partial charge in [0, 0.05) is 6.04 Å². The number of nitrogens with zero attached hydrogens (tertiary/aromatic N) is 1. The minimum atomic E-state index is -3.11. The number of benzene rings is 1. The number of hydrogen-bond donors (Lipinski definition) is 0. The average molecular weight is 255 g/mol. The van der Waals surface area contributed by atoms with Crippen molar-refractivity contribution in [3.05, 3.63) is 35.9 Å². The molecule has 17 heavy (non-hydrogen) atoms. The van der Waals surface area contributed by atoms with Gasteiger partial charge < -0.3 is 0 Å². The summed E-state index contributed by atoms with van der Waals surface area (Å²) < 4.78 is 25.1. The standard InChI is InChI=1S/C12H18NO3P/c1-4-15-17(14)13(3)10(2)12(16-17)11-8-6-5-7-9-11/h5-10,12H,4H2,1-3H3/t10-,12+,17-/m0/s1. The first kappa shape index (κ1) is 12.8. The Bertz CT molecular complexity index is 423. The zero-order chi connectivity index (χ0) is 12.5. The van der Waals surface area contributed by atoms with Crippen LogP contribution in [0.25, 0.3) is 0 Å². The molecule has 0 saturated carbocycles. The number of likely N-dealkylation sites (N-methyl/N-ethyl adjacent to an activating group) is 1. The fourth-order valence-corrected chi connectivity index (χ4v) is 3.86. The molecule has 2 rings (SSSR count). The predicted molar refractivity (Wildman–Crippen MR) is 66.7 cm³/mol. The van der Waals surface area contributed by atoms with Crippen molar-refractivity contribution in [1.29, 1.82) is 0 Å². The Kier molecular flexibility index (Phi) is 3.69. The van der Waals surface area contributed by atoms with Gasteiger partial charge in [-0.1, -0.05) is 30.3 Å². The van der Waals surface area contributed by atoms with Crippen molar-refractivity contribution in [1.82, 2.24) is 4.67 Å². The first-order valence-electron chi connectivity index (χ1n) is 5.79. The van der Waals surface area contributed by atoms with Gasteiger partial charge in [0.25, 0.3) is 0 Å². The Balaban J connectivity index is 2.26. The lowest BCUT2D eigenvalue weighted by Crippen LogP contribution is -2.23. The van der Waals surface area contributed by atoms with E-state index in [2.05, 4.69) is 0 Å². The van der Waals surface area contributed by atoms with Crippen molar-refractivity contribution in [2.75, 3.05) is 13.7 Å². The number of hydrogen-bond acceptors (Lipinski definition) is 3. The van der Waals surface area contributed by atoms with Crippen LogP contribution in [-0.4, -0.2) is 24.4 Å². The highest BCUT2D eigenvalue weighted by atomic mass is 31.2. The molecule has 0 bridgehead atoms. The molecule has 1 heterocycles. The predicted octanol–water partition coefficient (Wildman–Crippen LogP) is 3.22. The lowest BCUT2D eigenvalue weighted by atomic mass is 10.0. The quantitative estimate of drug-likeness (QED) is 0.777. The highest BCUT2D eigenvalue weighted by Crippen LogP contribution is 2.62. The maximum absolute atomic E-state index is 12.4. The van der Waals surface area contributed by atoms with Gasteiger partial charge >= 0.3 is 7.75 Å². The molecule has 5 heteroatoms. The van der Waals surface area contributed by atoms with Crippen molar-refractivity contribution >= 4 is 7.75 Å². The maximum Gasteiger partial charge on any atom is 0.408 e. The SMILES string of the molecule is CCO[P@]1(=O)O[C@@H](c2ccccc2)[C@H](C)N1C. The Hall–Kier alpha value is -0.670. The summed E-state index contributed by atoms with van der Waals surface area (Å²) in [5.41, 5.74) is 1.03. The van der Waals surface area contributed by atoms with Gasteiger partial charge in [0.15, 0.2) is 0 Å². The molecule has 3 atom stereocenters. The van der Waals surface area contributed by atoms with Gasteiger partial charge in [0.1, 0.15) is 6.10 Å². The summed E-state index contributed by atoms with van der Waals surface area (Å²) >= 11 is 0. The Morgan fingerprint density at radius 1 is 1.41 bits per heavy atom. The second-order valence-corrected chi connectivity index (χ2v) is 6.17. The molecular formula is C12H18NO3P. The van der Waals surface area contributed by atoms with Crippen molar-refractivity contribution in [2.24, 2.45) is 0 Å². The molecule has 0 radical (unpaired) electrons. The van der Waals surface area contributed by atoms with Crippen LogP contribution in [0.15, 0.2) is 30.3 Å². The van der Waals surface area contributed by atoms with Gasteiger partial charge in [-0.25, -0.2) is 9.24 Å². The summed E-state index contributed by atoms with van der Waals surface area (Å²) in [6.45, 7) is 4.20. The third-order valence-electron chi connectivity index (χ3n) is 3.08. The second kappa shape index (κ2) is 4.91. The summed E-state index contributed by atoms with van der Waals surface area (Å²) in [5.74, 6) is 0. The van der Waals surface area contributed by atoms with Crippen LogP contribution in [-0.2, 0) is 13.6 Å². The van der Waals surface area contributed by atoms with Gasteiger partial charge in [0.2, 0.25) is 0 Å². The zero-order valence-corrected chi connectivity index (χ0v) is 11.3. The second-order valence-electron chi connectivity index (χ2n) is 4.14. The summed E-state index contributed by atoms with van der Waals surface area (Å²) in [4.78, 5) is 0. The largest absolute Gasteiger partial charge is 0.408 e. The molecule has 1 aromatic carbocycles. The first-order chi connectivity index (χ1) is 8.08. The average Bonchev–Trinajstić information content (AvgIpc) is 2.56. The van der Waals surface area contributed by atoms with E-state index in [0.717, 1.165) is 5.56 Å². The van der Waals surface area contributed by atoms with Gasteiger partial charge in [-0.2, -0.15) is 0 Å². The molecule has 1 fully saturated rings. The third kappa shape index (κ3) is 2.31. The molecule has 94 valence electrons. The van der Waals surface area contributed by atoms with E-state index in [1.807, 2.05) is 44.2 Å². The van der Waals surface area contributed by atoms with E-state index in [0.29, 0.717) is 6.61 Å². The molecule has 1 aliphatic rings. The molecule has 0 aliphatic carbocycles. The minimum absolute atomic E-state index is 0.0368. The van der Waals surface area contributed by atoms with E-state index in [9.17, 15) is 4.57 Å². The molecule has 0 aromatic heterocycles. The fourth-order valence-electron chi connectivity index (χ4n) is 1.99. The lowest BCUT2D eigenvalue weighted by Gasteiger charge is -2.19. The Labute approximate surface area is 102 Å². The first-order valence-corrected chi connectivity index (χ1v) is 7.29. The summed E-state index contributed by atoms with van der Waals surface area (Å²) in [7, 11) is -1.32. The van der Waals surface area contributed by atoms with Crippen molar-refractivity contribution in [3.63, 3.8) is 0 Å². The molecule has 1 aliphatic heterocycles. The summed E-state index contributed by atoms with van der Waals surface area (Å²) in [5, 5.41) is 0. The van der Waals surface area contributed by atoms with Crippen molar-refractivity contribution < 1.29 is 13.6 Å². The van der Waals surface area contributed by atoms with Gasteiger partial charge in [-0.15, -0.1) is 0 Å². The van der Waals surface area contributed by atoms with E-state index >= 15 is 0 Å². The maximum atomic E-state index is 12.4. The van der Waals surface area contributed by atoms with Crippen LogP contribution in [0, 0.1) is 0 Å². The van der Waals surface area contributed by atoms with Crippen LogP contribution < -0.4 is 0 Å². The Morgan fingerprint density at radius 3 is 2.65 bits per heavy atom. The highest BCUT2D eigenvalue weighted by molar-refractivity contribution is 7.51. The van der Waals surface area contributed by atoms with Crippen LogP contribution in [0.5, 0.6) is 0 Å². The molecule has 4 nitrogen and oxygen atoms in total. The van der Waals surface area contributed by atoms with Gasteiger partial charge in [0.05, 0.1) is 6.61 Å². The van der Waals surface area contributed by atoms with E-state index in [4.69, 9.17) is 9.05 Å². The normalized spacial score (nSPS) is 34.1. The Morgan fingerprint density at radius 2 is 2.06 bits per heavy atom. The van der Waals surface area contributed by atoms with Crippen LogP contribution >= 0.6 is 7.75 Å². The summed E-state index contributed by atoms with van der Waals surface area (Å²) in [6.07, 6.45) is -0.196. The van der Waals surface area contributed by atoms with Crippen LogP contribution in [0.4, 0.5) is 0 Å². The van der Waals surface area contributed by atoms with E-state index in [1.165, 1.54) is 0 Å². The van der Waals surface area contributed by atoms with E-state index in [1.54, 1.807) is 11.7 Å². The molecular weight excluding hydrogens is 237 g/mol. The van der Waals surface area contributed by atoms with Gasteiger partial charge in [-0.05, 0) is 26.5 Å². The van der Waals surface area contributed by atoms with Crippen LogP contribution in [0.1, 0.15) is 25.5 Å². The van der Waals surface area contributed by atoms with E-state index < -0.39 is 7.75 Å². The molecule has 0 spiro atoms. The molecule has 0 amide bonds. The molecule has 1 saturated heterocycles. The molecule has 1 aromatic rings. The van der Waals surface area contributed by atoms with Gasteiger partial charge in [-0.3, -0.25) is 9.05 Å². The van der Waals surface area contributed by atoms with E-state index in [-0.39, 0.29) is 12.1 Å². The third-order valence-corrected chi connectivity index (χ3v) is 5.30. The summed E-state index contributed by atoms with van der Waals surface area (Å²) in [6, 6.07) is 9.86. The monoisotopic (exact) mass is 255 g/mol. The molecule has 0 N–H and O–H groups in total. The topological polar surface area (TPSA) is 38.8 Å². The van der Waals surface area contributed by atoms with Crippen LogP contribution in [0.2, 0.25) is 0 Å². The van der Waals surface area contributed by atoms with Crippen LogP contribution in [0.3, 0.4) is 0 Å². The van der Waals surface area contributed by atoms with Crippen molar-refractivity contribution in [2.45, 2.75) is 26.0 Å². The highest BCUT2D eigenvalue weighted by Gasteiger charge is 2.47. The molecule has 0 unspecified atom stereocenters. The smallest absolute Gasteiger partial charge is 0.297 e. The number of rotatable bonds is 3. The minimum Gasteiger partial charge on any atom is -0.297 e. The lowest BCUT2D eigenvalue weighted by molar-refractivity contribution is 0.175.